The van der Waals surface area contributed by atoms with Crippen LogP contribution in [0.5, 0.6) is 0 Å². The van der Waals surface area contributed by atoms with Gasteiger partial charge in [0.2, 0.25) is 9.84 Å². The van der Waals surface area contributed by atoms with Gasteiger partial charge < -0.3 is 15.5 Å². The molecule has 0 unspecified atom stereocenters. The highest BCUT2D eigenvalue weighted by Crippen LogP contribution is 2.40. The van der Waals surface area contributed by atoms with E-state index in [0.29, 0.717) is 37.3 Å². The lowest BCUT2D eigenvalue weighted by Gasteiger charge is -2.42. The Morgan fingerprint density at radius 1 is 1.13 bits per heavy atom. The van der Waals surface area contributed by atoms with Gasteiger partial charge >= 0.3 is 11.9 Å². The van der Waals surface area contributed by atoms with Crippen molar-refractivity contribution >= 4 is 21.8 Å². The second kappa shape index (κ2) is 8.43. The minimum absolute atomic E-state index is 0.276. The van der Waals surface area contributed by atoms with Crippen LogP contribution in [-0.4, -0.2) is 93.7 Å². The molecule has 1 aliphatic carbocycles. The third-order valence-electron chi connectivity index (χ3n) is 6.94. The van der Waals surface area contributed by atoms with E-state index in [2.05, 4.69) is 20.7 Å². The third kappa shape index (κ3) is 4.72. The number of carboxylic acids is 2. The van der Waals surface area contributed by atoms with E-state index in [0.717, 1.165) is 32.1 Å². The SMILES string of the molecule is CS(=O)(=O)c1nnn([C@H]2C[C@@H](C(=O)O)N(C[C@H]3CC[C@H]4CN[C@H](C(=O)O)C[C@H]4C3)C2)n1. The first-order valence-electron chi connectivity index (χ1n) is 10.5. The van der Waals surface area contributed by atoms with Gasteiger partial charge in [0.25, 0.3) is 5.16 Å². The number of nitrogens with one attached hydrogen (secondary N) is 1. The predicted molar refractivity (Wildman–Crippen MR) is 106 cm³/mol. The lowest BCUT2D eigenvalue weighted by Crippen LogP contribution is -2.50. The van der Waals surface area contributed by atoms with Gasteiger partial charge in [-0.05, 0) is 61.6 Å². The summed E-state index contributed by atoms with van der Waals surface area (Å²) in [4.78, 5) is 26.3. The highest BCUT2D eigenvalue weighted by Gasteiger charge is 2.42. The minimum Gasteiger partial charge on any atom is -0.480 e. The van der Waals surface area contributed by atoms with Crippen molar-refractivity contribution in [2.45, 2.75) is 55.4 Å². The van der Waals surface area contributed by atoms with Crippen molar-refractivity contribution < 1.29 is 28.2 Å². The molecular weight excluding hydrogens is 428 g/mol. The van der Waals surface area contributed by atoms with Crippen molar-refractivity contribution in [1.82, 2.24) is 30.4 Å². The number of carboxylic acid groups (broad SMARTS) is 2. The van der Waals surface area contributed by atoms with Gasteiger partial charge in [0.1, 0.15) is 12.1 Å². The smallest absolute Gasteiger partial charge is 0.321 e. The molecule has 31 heavy (non-hydrogen) atoms. The molecule has 2 saturated heterocycles. The van der Waals surface area contributed by atoms with Crippen LogP contribution in [0.4, 0.5) is 0 Å². The van der Waals surface area contributed by atoms with Gasteiger partial charge in [-0.2, -0.15) is 4.80 Å². The number of piperidine rings is 1. The lowest BCUT2D eigenvalue weighted by molar-refractivity contribution is -0.143. The van der Waals surface area contributed by atoms with Gasteiger partial charge in [-0.3, -0.25) is 14.5 Å². The maximum absolute atomic E-state index is 11.9. The highest BCUT2D eigenvalue weighted by molar-refractivity contribution is 7.90. The van der Waals surface area contributed by atoms with Crippen molar-refractivity contribution in [2.75, 3.05) is 25.9 Å². The van der Waals surface area contributed by atoms with Crippen LogP contribution in [0.3, 0.4) is 0 Å². The summed E-state index contributed by atoms with van der Waals surface area (Å²) in [5.41, 5.74) is 0. The van der Waals surface area contributed by atoms with Crippen LogP contribution in [0.15, 0.2) is 5.16 Å². The Labute approximate surface area is 179 Å². The summed E-state index contributed by atoms with van der Waals surface area (Å²) in [5.74, 6) is -0.640. The number of hydrogen-bond donors (Lipinski definition) is 3. The first kappa shape index (κ1) is 22.1. The first-order valence-corrected chi connectivity index (χ1v) is 12.4. The number of aromatic nitrogens is 4. The zero-order valence-corrected chi connectivity index (χ0v) is 18.1. The number of nitrogens with zero attached hydrogens (tertiary/aromatic N) is 5. The first-order chi connectivity index (χ1) is 14.6. The van der Waals surface area contributed by atoms with Crippen molar-refractivity contribution in [3.05, 3.63) is 0 Å². The van der Waals surface area contributed by atoms with E-state index < -0.39 is 33.9 Å². The van der Waals surface area contributed by atoms with Crippen molar-refractivity contribution in [2.24, 2.45) is 17.8 Å². The standard InChI is InChI=1S/C18H28N6O6S/c1-31(29,30)18-20-22-24(21-18)13-6-15(17(27)28)23(9-13)8-10-2-3-11-7-19-14(16(25)26)5-12(11)4-10/h10-15,19H,2-9H2,1H3,(H,25,26)(H,27,28)/t10-,11-,12+,13-,14-,15-/m0/s1. The minimum atomic E-state index is -3.58. The molecule has 1 aromatic heterocycles. The molecule has 1 saturated carbocycles. The monoisotopic (exact) mass is 456 g/mol. The fourth-order valence-corrected chi connectivity index (χ4v) is 5.78. The van der Waals surface area contributed by atoms with Crippen molar-refractivity contribution in [1.29, 1.82) is 0 Å². The largest absolute Gasteiger partial charge is 0.480 e. The van der Waals surface area contributed by atoms with Crippen molar-refractivity contribution in [3.8, 4) is 0 Å². The fraction of sp³-hybridized carbons (Fsp3) is 0.833. The Balaban J connectivity index is 1.42. The van der Waals surface area contributed by atoms with Crippen LogP contribution in [0, 0.1) is 17.8 Å². The third-order valence-corrected chi connectivity index (χ3v) is 7.77. The topological polar surface area (TPSA) is 168 Å². The number of likely N-dealkylation sites (tertiary alicyclic amines) is 1. The molecule has 1 aromatic rings. The second-order valence-corrected chi connectivity index (χ2v) is 11.0. The number of fused-ring (bicyclic) bond motifs is 1. The van der Waals surface area contributed by atoms with Crippen LogP contribution in [-0.2, 0) is 19.4 Å². The van der Waals surface area contributed by atoms with E-state index in [4.69, 9.17) is 0 Å². The van der Waals surface area contributed by atoms with E-state index in [-0.39, 0.29) is 17.6 Å². The summed E-state index contributed by atoms with van der Waals surface area (Å²) in [6.07, 6.45) is 4.77. The highest BCUT2D eigenvalue weighted by atomic mass is 32.2. The summed E-state index contributed by atoms with van der Waals surface area (Å²) in [6, 6.07) is -1.57. The fourth-order valence-electron chi connectivity index (χ4n) is 5.37. The number of tetrazole rings is 1. The number of carbonyl (C=O) groups is 2. The molecule has 13 heteroatoms. The molecule has 12 nitrogen and oxygen atoms in total. The molecule has 0 spiro atoms. The van der Waals surface area contributed by atoms with Crippen LogP contribution < -0.4 is 5.32 Å². The molecule has 3 heterocycles. The van der Waals surface area contributed by atoms with Crippen LogP contribution in [0.2, 0.25) is 0 Å². The zero-order chi connectivity index (χ0) is 22.3. The molecule has 172 valence electrons. The second-order valence-electron chi connectivity index (χ2n) is 9.10. The van der Waals surface area contributed by atoms with E-state index >= 15 is 0 Å². The Kier molecular flexibility index (Phi) is 6.01. The van der Waals surface area contributed by atoms with Gasteiger partial charge in [0.05, 0.1) is 6.04 Å². The summed E-state index contributed by atoms with van der Waals surface area (Å²) >= 11 is 0. The van der Waals surface area contributed by atoms with E-state index in [9.17, 15) is 28.2 Å². The van der Waals surface area contributed by atoms with Gasteiger partial charge in [0, 0.05) is 19.3 Å². The van der Waals surface area contributed by atoms with Gasteiger partial charge in [-0.25, -0.2) is 8.42 Å². The molecule has 6 atom stereocenters. The average Bonchev–Trinajstić information content (AvgIpc) is 3.34. The Hall–Kier alpha value is -2.12. The molecular formula is C18H28N6O6S. The molecule has 2 aliphatic heterocycles. The molecule has 0 radical (unpaired) electrons. The maximum Gasteiger partial charge on any atom is 0.321 e. The molecule has 0 aromatic carbocycles. The van der Waals surface area contributed by atoms with Gasteiger partial charge in [0.15, 0.2) is 0 Å². The normalized spacial score (nSPS) is 34.4. The van der Waals surface area contributed by atoms with Crippen LogP contribution >= 0.6 is 0 Å². The van der Waals surface area contributed by atoms with Gasteiger partial charge in [-0.1, -0.05) is 5.10 Å². The summed E-state index contributed by atoms with van der Waals surface area (Å²) < 4.78 is 23.2. The molecule has 0 bridgehead atoms. The quantitative estimate of drug-likeness (QED) is 0.493. The zero-order valence-electron chi connectivity index (χ0n) is 17.3. The number of aliphatic carboxylic acids is 2. The average molecular weight is 457 g/mol. The van der Waals surface area contributed by atoms with E-state index in [1.165, 1.54) is 4.80 Å². The molecule has 3 N–H and O–H groups in total. The van der Waals surface area contributed by atoms with Gasteiger partial charge in [-0.15, -0.1) is 5.10 Å². The summed E-state index contributed by atoms with van der Waals surface area (Å²) in [7, 11) is -3.58. The van der Waals surface area contributed by atoms with E-state index in [1.54, 1.807) is 0 Å². The number of hydrogen-bond acceptors (Lipinski definition) is 9. The number of sulfone groups is 1. The molecule has 4 rings (SSSR count). The lowest BCUT2D eigenvalue weighted by atomic mass is 9.69. The molecule has 3 aliphatic rings. The Morgan fingerprint density at radius 2 is 1.90 bits per heavy atom. The Morgan fingerprint density at radius 3 is 2.55 bits per heavy atom. The summed E-state index contributed by atoms with van der Waals surface area (Å²) in [5, 5.41) is 33.1. The van der Waals surface area contributed by atoms with Crippen LogP contribution in [0.25, 0.3) is 0 Å². The number of rotatable bonds is 6. The summed E-state index contributed by atoms with van der Waals surface area (Å²) in [6.45, 7) is 1.73. The van der Waals surface area contributed by atoms with E-state index in [1.807, 2.05) is 4.90 Å². The predicted octanol–water partition coefficient (Wildman–Crippen LogP) is -0.744. The molecule has 0 amide bonds. The molecule has 3 fully saturated rings. The maximum atomic E-state index is 11.9. The Bertz CT molecular complexity index is 951. The van der Waals surface area contributed by atoms with Crippen LogP contribution in [0.1, 0.15) is 38.1 Å². The van der Waals surface area contributed by atoms with Crippen molar-refractivity contribution in [3.63, 3.8) is 0 Å².